The highest BCUT2D eigenvalue weighted by atomic mass is 79.9. The third-order valence-corrected chi connectivity index (χ3v) is 4.32. The van der Waals surface area contributed by atoms with Crippen LogP contribution in [0.25, 0.3) is 0 Å². The minimum atomic E-state index is -0.105. The van der Waals surface area contributed by atoms with Crippen LogP contribution in [-0.2, 0) is 4.79 Å². The molecule has 1 heterocycles. The maximum atomic E-state index is 12.5. The molecule has 0 aromatic heterocycles. The molecule has 4 heteroatoms. The highest BCUT2D eigenvalue weighted by molar-refractivity contribution is 9.10. The highest BCUT2D eigenvalue weighted by Gasteiger charge is 2.43. The first-order valence-electron chi connectivity index (χ1n) is 7.21. The van der Waals surface area contributed by atoms with E-state index < -0.39 is 0 Å². The molecule has 23 heavy (non-hydrogen) atoms. The van der Waals surface area contributed by atoms with Crippen molar-refractivity contribution >= 4 is 27.5 Å². The highest BCUT2D eigenvalue weighted by Crippen LogP contribution is 2.43. The second-order valence-electron chi connectivity index (χ2n) is 5.19. The first kappa shape index (κ1) is 15.6. The topological polar surface area (TPSA) is 29.5 Å². The summed E-state index contributed by atoms with van der Waals surface area (Å²) in [7, 11) is 1.62. The van der Waals surface area contributed by atoms with Crippen molar-refractivity contribution < 1.29 is 9.53 Å². The molecule has 1 amide bonds. The Morgan fingerprint density at radius 3 is 2.57 bits per heavy atom. The van der Waals surface area contributed by atoms with Gasteiger partial charge in [-0.2, -0.15) is 0 Å². The predicted molar refractivity (Wildman–Crippen MR) is 95.6 cm³/mol. The summed E-state index contributed by atoms with van der Waals surface area (Å²) in [6, 6.07) is 15.4. The normalized spacial score (nSPS) is 18.7. The third kappa shape index (κ3) is 2.82. The minimum Gasteiger partial charge on any atom is -0.497 e. The molecule has 1 fully saturated rings. The van der Waals surface area contributed by atoms with Gasteiger partial charge in [-0.05, 0) is 42.0 Å². The lowest BCUT2D eigenvalue weighted by molar-refractivity contribution is -0.119. The Balaban J connectivity index is 2.02. The average molecular weight is 370 g/mol. The van der Waals surface area contributed by atoms with Crippen molar-refractivity contribution in [3.8, 4) is 5.75 Å². The van der Waals surface area contributed by atoms with E-state index in [1.165, 1.54) is 0 Å². The maximum absolute atomic E-state index is 12.5. The summed E-state index contributed by atoms with van der Waals surface area (Å²) in [5.74, 6) is 0.766. The van der Waals surface area contributed by atoms with Crippen LogP contribution < -0.4 is 9.64 Å². The zero-order chi connectivity index (χ0) is 16.4. The van der Waals surface area contributed by atoms with Crippen LogP contribution in [0.15, 0.2) is 77.3 Å². The minimum absolute atomic E-state index is 0.0000392. The molecule has 0 radical (unpaired) electrons. The summed E-state index contributed by atoms with van der Waals surface area (Å²) in [5.41, 5.74) is 2.65. The zero-order valence-corrected chi connectivity index (χ0v) is 14.3. The molecule has 3 rings (SSSR count). The summed E-state index contributed by atoms with van der Waals surface area (Å²) >= 11 is 3.49. The van der Waals surface area contributed by atoms with Gasteiger partial charge in [0, 0.05) is 15.7 Å². The van der Waals surface area contributed by atoms with Crippen LogP contribution in [0.3, 0.4) is 0 Å². The Labute approximate surface area is 144 Å². The van der Waals surface area contributed by atoms with E-state index in [4.69, 9.17) is 4.74 Å². The molecule has 0 N–H and O–H groups in total. The standard InChI is InChI=1S/C19H16BrNO2/c1-3-5-17-18(13-6-4-7-14(20)12-13)21(19(17)22)15-8-10-16(23-2)11-9-15/h3-12,18H,1H2,2H3/b17-5+. The summed E-state index contributed by atoms with van der Waals surface area (Å²) in [4.78, 5) is 14.3. The number of rotatable bonds is 4. The molecule has 1 atom stereocenters. The van der Waals surface area contributed by atoms with Gasteiger partial charge in [0.05, 0.1) is 13.2 Å². The molecule has 1 unspecified atom stereocenters. The fourth-order valence-corrected chi connectivity index (χ4v) is 3.17. The largest absolute Gasteiger partial charge is 0.497 e. The molecule has 0 bridgehead atoms. The van der Waals surface area contributed by atoms with Crippen molar-refractivity contribution in [2.75, 3.05) is 12.0 Å². The maximum Gasteiger partial charge on any atom is 0.257 e. The Kier molecular flexibility index (Phi) is 4.35. The first-order valence-corrected chi connectivity index (χ1v) is 8.00. The predicted octanol–water partition coefficient (Wildman–Crippen LogP) is 4.66. The molecule has 0 aliphatic carbocycles. The number of β-lactam (4-membered cyclic amide) rings is 1. The molecule has 1 aliphatic heterocycles. The molecule has 1 saturated heterocycles. The second-order valence-corrected chi connectivity index (χ2v) is 6.10. The fraction of sp³-hybridized carbons (Fsp3) is 0.105. The number of amides is 1. The van der Waals surface area contributed by atoms with E-state index in [2.05, 4.69) is 22.5 Å². The number of hydrogen-bond acceptors (Lipinski definition) is 2. The van der Waals surface area contributed by atoms with Gasteiger partial charge in [0.1, 0.15) is 5.75 Å². The van der Waals surface area contributed by atoms with Gasteiger partial charge in [-0.25, -0.2) is 0 Å². The van der Waals surface area contributed by atoms with E-state index in [1.807, 2.05) is 48.5 Å². The van der Waals surface area contributed by atoms with Gasteiger partial charge in [0.25, 0.3) is 5.91 Å². The molecule has 0 spiro atoms. The number of nitrogens with zero attached hydrogens (tertiary/aromatic N) is 1. The van der Waals surface area contributed by atoms with Gasteiger partial charge in [0.2, 0.25) is 0 Å². The fourth-order valence-electron chi connectivity index (χ4n) is 2.75. The van der Waals surface area contributed by atoms with Crippen molar-refractivity contribution in [3.05, 3.63) is 82.9 Å². The number of benzene rings is 2. The second kappa shape index (κ2) is 6.42. The van der Waals surface area contributed by atoms with E-state index >= 15 is 0 Å². The van der Waals surface area contributed by atoms with Crippen molar-refractivity contribution in [2.24, 2.45) is 0 Å². The molecule has 2 aromatic carbocycles. The van der Waals surface area contributed by atoms with Crippen LogP contribution in [0.4, 0.5) is 5.69 Å². The number of hydrogen-bond donors (Lipinski definition) is 0. The number of allylic oxidation sites excluding steroid dienone is 2. The van der Waals surface area contributed by atoms with Gasteiger partial charge in [0.15, 0.2) is 0 Å². The Morgan fingerprint density at radius 2 is 1.96 bits per heavy atom. The zero-order valence-electron chi connectivity index (χ0n) is 12.7. The van der Waals surface area contributed by atoms with Crippen molar-refractivity contribution in [1.82, 2.24) is 0 Å². The smallest absolute Gasteiger partial charge is 0.257 e. The van der Waals surface area contributed by atoms with Crippen LogP contribution in [-0.4, -0.2) is 13.0 Å². The van der Waals surface area contributed by atoms with Gasteiger partial charge in [-0.1, -0.05) is 46.8 Å². The van der Waals surface area contributed by atoms with Crippen LogP contribution in [0.5, 0.6) is 5.75 Å². The average Bonchev–Trinajstić information content (AvgIpc) is 2.57. The first-order chi connectivity index (χ1) is 11.2. The van der Waals surface area contributed by atoms with Gasteiger partial charge >= 0.3 is 0 Å². The summed E-state index contributed by atoms with van der Waals surface area (Å²) < 4.78 is 6.17. The number of carbonyl (C=O) groups is 1. The Hall–Kier alpha value is -2.33. The number of methoxy groups -OCH3 is 1. The lowest BCUT2D eigenvalue weighted by atomic mass is 9.87. The Bertz CT molecular complexity index is 780. The van der Waals surface area contributed by atoms with Crippen molar-refractivity contribution in [3.63, 3.8) is 0 Å². The molecule has 3 nitrogen and oxygen atoms in total. The monoisotopic (exact) mass is 369 g/mol. The van der Waals surface area contributed by atoms with Crippen LogP contribution in [0.1, 0.15) is 11.6 Å². The lowest BCUT2D eigenvalue weighted by Gasteiger charge is -2.43. The number of carbonyl (C=O) groups excluding carboxylic acids is 1. The number of ether oxygens (including phenoxy) is 1. The summed E-state index contributed by atoms with van der Waals surface area (Å²) in [6.45, 7) is 3.71. The van der Waals surface area contributed by atoms with Gasteiger partial charge < -0.3 is 4.74 Å². The molecular formula is C19H16BrNO2. The van der Waals surface area contributed by atoms with E-state index in [9.17, 15) is 4.79 Å². The lowest BCUT2D eigenvalue weighted by Crippen LogP contribution is -2.49. The molecule has 116 valence electrons. The quantitative estimate of drug-likeness (QED) is 0.579. The van der Waals surface area contributed by atoms with E-state index in [-0.39, 0.29) is 11.9 Å². The molecule has 0 saturated carbocycles. The van der Waals surface area contributed by atoms with Gasteiger partial charge in [-0.3, -0.25) is 9.69 Å². The van der Waals surface area contributed by atoms with E-state index in [0.29, 0.717) is 0 Å². The van der Waals surface area contributed by atoms with Crippen LogP contribution in [0, 0.1) is 0 Å². The molecular weight excluding hydrogens is 354 g/mol. The third-order valence-electron chi connectivity index (χ3n) is 3.83. The molecule has 1 aliphatic rings. The van der Waals surface area contributed by atoms with Crippen molar-refractivity contribution in [1.29, 1.82) is 0 Å². The van der Waals surface area contributed by atoms with Crippen LogP contribution in [0.2, 0.25) is 0 Å². The van der Waals surface area contributed by atoms with E-state index in [1.54, 1.807) is 24.2 Å². The Morgan fingerprint density at radius 1 is 1.22 bits per heavy atom. The number of halogens is 1. The van der Waals surface area contributed by atoms with Crippen molar-refractivity contribution in [2.45, 2.75) is 6.04 Å². The SMILES string of the molecule is C=C/C=C1/C(=O)N(c2ccc(OC)cc2)C1c1cccc(Br)c1. The number of anilines is 1. The van der Waals surface area contributed by atoms with Gasteiger partial charge in [-0.15, -0.1) is 0 Å². The summed E-state index contributed by atoms with van der Waals surface area (Å²) in [6.07, 6.45) is 3.44. The molecule has 2 aromatic rings. The summed E-state index contributed by atoms with van der Waals surface area (Å²) in [5, 5.41) is 0. The van der Waals surface area contributed by atoms with E-state index in [0.717, 1.165) is 27.0 Å². The van der Waals surface area contributed by atoms with Crippen LogP contribution >= 0.6 is 15.9 Å².